The lowest BCUT2D eigenvalue weighted by Gasteiger charge is -2.07. The van der Waals surface area contributed by atoms with Crippen molar-refractivity contribution in [1.82, 2.24) is 10.2 Å². The van der Waals surface area contributed by atoms with Crippen LogP contribution in [-0.2, 0) is 4.79 Å². The topological polar surface area (TPSA) is 64.1 Å². The Kier molecular flexibility index (Phi) is 4.42. The minimum atomic E-state index is -0.285. The van der Waals surface area contributed by atoms with E-state index in [0.29, 0.717) is 21.8 Å². The fraction of sp³-hybridized carbons (Fsp3) is 0.308. The Morgan fingerprint density at radius 1 is 1.48 bits per heavy atom. The molecule has 1 aliphatic carbocycles. The second-order valence-electron chi connectivity index (χ2n) is 4.63. The van der Waals surface area contributed by atoms with Gasteiger partial charge < -0.3 is 4.74 Å². The molecule has 1 aromatic carbocycles. The lowest BCUT2D eigenvalue weighted by atomic mass is 10.3. The molecule has 0 radical (unpaired) electrons. The molecular formula is C13H11BrClN3O2S. The lowest BCUT2D eigenvalue weighted by molar-refractivity contribution is -0.118. The van der Waals surface area contributed by atoms with Crippen LogP contribution >= 0.6 is 38.9 Å². The zero-order chi connectivity index (χ0) is 14.8. The van der Waals surface area contributed by atoms with Crippen LogP contribution in [-0.4, -0.2) is 22.7 Å². The molecule has 0 aliphatic heterocycles. The molecule has 8 heteroatoms. The van der Waals surface area contributed by atoms with Gasteiger partial charge in [-0.15, -0.1) is 10.2 Å². The van der Waals surface area contributed by atoms with Gasteiger partial charge in [0, 0.05) is 10.4 Å². The van der Waals surface area contributed by atoms with Crippen LogP contribution in [0.15, 0.2) is 22.7 Å². The highest BCUT2D eigenvalue weighted by molar-refractivity contribution is 9.10. The number of benzene rings is 1. The van der Waals surface area contributed by atoms with Crippen LogP contribution < -0.4 is 10.1 Å². The molecule has 110 valence electrons. The van der Waals surface area contributed by atoms with Crippen LogP contribution in [0.5, 0.6) is 5.75 Å². The number of anilines is 1. The first-order valence-electron chi connectivity index (χ1n) is 6.33. The van der Waals surface area contributed by atoms with Crippen molar-refractivity contribution in [2.75, 3.05) is 11.9 Å². The summed E-state index contributed by atoms with van der Waals surface area (Å²) in [5.41, 5.74) is 0. The summed E-state index contributed by atoms with van der Waals surface area (Å²) in [4.78, 5) is 11.8. The number of nitrogens with zero attached hydrogens (tertiary/aromatic N) is 2. The molecule has 2 aromatic rings. The number of nitrogens with one attached hydrogen (secondary N) is 1. The van der Waals surface area contributed by atoms with Crippen molar-refractivity contribution in [3.63, 3.8) is 0 Å². The van der Waals surface area contributed by atoms with Gasteiger partial charge in [-0.1, -0.05) is 38.9 Å². The summed E-state index contributed by atoms with van der Waals surface area (Å²) in [7, 11) is 0. The van der Waals surface area contributed by atoms with Crippen LogP contribution in [0.3, 0.4) is 0 Å². The average Bonchev–Trinajstić information content (AvgIpc) is 3.19. The maximum atomic E-state index is 11.8. The number of carbonyl (C=O) groups is 1. The first-order valence-corrected chi connectivity index (χ1v) is 8.31. The summed E-state index contributed by atoms with van der Waals surface area (Å²) in [6, 6.07) is 5.21. The van der Waals surface area contributed by atoms with Crippen molar-refractivity contribution >= 4 is 49.9 Å². The lowest BCUT2D eigenvalue weighted by Crippen LogP contribution is -2.20. The molecule has 1 aliphatic rings. The van der Waals surface area contributed by atoms with E-state index >= 15 is 0 Å². The van der Waals surface area contributed by atoms with Gasteiger partial charge in [-0.3, -0.25) is 10.1 Å². The maximum Gasteiger partial charge on any atom is 0.264 e. The Morgan fingerprint density at radius 3 is 3.00 bits per heavy atom. The largest absolute Gasteiger partial charge is 0.482 e. The normalized spacial score (nSPS) is 14.0. The van der Waals surface area contributed by atoms with Crippen molar-refractivity contribution in [3.05, 3.63) is 32.7 Å². The van der Waals surface area contributed by atoms with Gasteiger partial charge in [0.2, 0.25) is 5.13 Å². The van der Waals surface area contributed by atoms with Crippen LogP contribution in [0.2, 0.25) is 5.02 Å². The molecule has 1 fully saturated rings. The highest BCUT2D eigenvalue weighted by Crippen LogP contribution is 2.42. The quantitative estimate of drug-likeness (QED) is 0.845. The van der Waals surface area contributed by atoms with Crippen molar-refractivity contribution in [2.24, 2.45) is 0 Å². The third-order valence-corrected chi connectivity index (χ3v) is 4.66. The third-order valence-electron chi connectivity index (χ3n) is 2.87. The fourth-order valence-corrected chi connectivity index (χ4v) is 3.33. The third kappa shape index (κ3) is 3.93. The van der Waals surface area contributed by atoms with Gasteiger partial charge in [-0.25, -0.2) is 0 Å². The van der Waals surface area contributed by atoms with E-state index < -0.39 is 0 Å². The van der Waals surface area contributed by atoms with E-state index in [2.05, 4.69) is 31.4 Å². The van der Waals surface area contributed by atoms with Gasteiger partial charge >= 0.3 is 0 Å². The number of halogens is 2. The zero-order valence-corrected chi connectivity index (χ0v) is 14.0. The molecule has 1 heterocycles. The fourth-order valence-electron chi connectivity index (χ4n) is 1.67. The molecule has 5 nitrogen and oxygen atoms in total. The summed E-state index contributed by atoms with van der Waals surface area (Å²) >= 11 is 10.7. The second-order valence-corrected chi connectivity index (χ2v) is 6.96. The molecule has 0 bridgehead atoms. The van der Waals surface area contributed by atoms with Crippen molar-refractivity contribution in [1.29, 1.82) is 0 Å². The number of aromatic nitrogens is 2. The molecule has 1 amide bonds. The van der Waals surface area contributed by atoms with Crippen LogP contribution in [0.1, 0.15) is 23.8 Å². The van der Waals surface area contributed by atoms with E-state index in [1.807, 2.05) is 0 Å². The smallest absolute Gasteiger partial charge is 0.264 e. The van der Waals surface area contributed by atoms with Gasteiger partial charge in [0.25, 0.3) is 5.91 Å². The molecule has 1 N–H and O–H groups in total. The van der Waals surface area contributed by atoms with Crippen LogP contribution in [0, 0.1) is 0 Å². The first-order chi connectivity index (χ1) is 10.1. The monoisotopic (exact) mass is 387 g/mol. The Labute approximate surface area is 138 Å². The molecule has 3 rings (SSSR count). The highest BCUT2D eigenvalue weighted by atomic mass is 79.9. The van der Waals surface area contributed by atoms with Gasteiger partial charge in [-0.2, -0.15) is 0 Å². The van der Waals surface area contributed by atoms with Gasteiger partial charge in [0.05, 0.1) is 5.02 Å². The Morgan fingerprint density at radius 2 is 2.29 bits per heavy atom. The SMILES string of the molecule is O=C(COc1ccc(Br)cc1Cl)Nc1nnc(C2CC2)s1. The highest BCUT2D eigenvalue weighted by Gasteiger charge is 2.27. The van der Waals surface area contributed by atoms with Gasteiger partial charge in [0.15, 0.2) is 6.61 Å². The second kappa shape index (κ2) is 6.29. The standard InChI is InChI=1S/C13H11BrClN3O2S/c14-8-3-4-10(9(15)5-8)20-6-11(19)16-13-18-17-12(21-13)7-1-2-7/h3-5,7H,1-2,6H2,(H,16,18,19). The van der Waals surface area contributed by atoms with Crippen molar-refractivity contribution in [3.8, 4) is 5.75 Å². The number of rotatable bonds is 5. The minimum absolute atomic E-state index is 0.125. The number of ether oxygens (including phenoxy) is 1. The molecule has 0 saturated heterocycles. The van der Waals surface area contributed by atoms with Crippen molar-refractivity contribution in [2.45, 2.75) is 18.8 Å². The van der Waals surface area contributed by atoms with Crippen LogP contribution in [0.4, 0.5) is 5.13 Å². The van der Waals surface area contributed by atoms with E-state index in [1.54, 1.807) is 18.2 Å². The molecule has 1 saturated carbocycles. The summed E-state index contributed by atoms with van der Waals surface area (Å²) in [5.74, 6) is 0.712. The Balaban J connectivity index is 1.53. The Hall–Kier alpha value is -1.18. The number of amides is 1. The van der Waals surface area contributed by atoms with E-state index in [0.717, 1.165) is 22.3 Å². The van der Waals surface area contributed by atoms with E-state index in [1.165, 1.54) is 11.3 Å². The molecule has 0 unspecified atom stereocenters. The van der Waals surface area contributed by atoms with E-state index in [4.69, 9.17) is 16.3 Å². The predicted octanol–water partition coefficient (Wildman–Crippen LogP) is 3.85. The van der Waals surface area contributed by atoms with E-state index in [-0.39, 0.29) is 12.5 Å². The molecule has 1 aromatic heterocycles. The van der Waals surface area contributed by atoms with Gasteiger partial charge in [0.1, 0.15) is 10.8 Å². The summed E-state index contributed by atoms with van der Waals surface area (Å²) in [5, 5.41) is 12.6. The summed E-state index contributed by atoms with van der Waals surface area (Å²) < 4.78 is 6.24. The first kappa shape index (κ1) is 14.7. The summed E-state index contributed by atoms with van der Waals surface area (Å²) in [6.07, 6.45) is 2.32. The number of hydrogen-bond acceptors (Lipinski definition) is 5. The Bertz CT molecular complexity index is 675. The number of hydrogen-bond donors (Lipinski definition) is 1. The zero-order valence-electron chi connectivity index (χ0n) is 10.8. The average molecular weight is 389 g/mol. The maximum absolute atomic E-state index is 11.8. The van der Waals surface area contributed by atoms with Crippen molar-refractivity contribution < 1.29 is 9.53 Å². The minimum Gasteiger partial charge on any atom is -0.482 e. The molecule has 0 atom stereocenters. The van der Waals surface area contributed by atoms with E-state index in [9.17, 15) is 4.79 Å². The number of carbonyl (C=O) groups excluding carboxylic acids is 1. The molecular weight excluding hydrogens is 378 g/mol. The summed E-state index contributed by atoms with van der Waals surface area (Å²) in [6.45, 7) is -0.125. The molecule has 21 heavy (non-hydrogen) atoms. The molecule has 0 spiro atoms. The van der Waals surface area contributed by atoms with Crippen LogP contribution in [0.25, 0.3) is 0 Å². The van der Waals surface area contributed by atoms with Gasteiger partial charge in [-0.05, 0) is 31.0 Å². The predicted molar refractivity (Wildman–Crippen MR) is 85.2 cm³/mol.